The van der Waals surface area contributed by atoms with Crippen molar-refractivity contribution in [2.75, 3.05) is 0 Å². The highest BCUT2D eigenvalue weighted by Crippen LogP contribution is 2.24. The summed E-state index contributed by atoms with van der Waals surface area (Å²) < 4.78 is 0. The Bertz CT molecular complexity index is 753. The van der Waals surface area contributed by atoms with Gasteiger partial charge in [-0.25, -0.2) is 0 Å². The second kappa shape index (κ2) is 24.1. The van der Waals surface area contributed by atoms with Crippen molar-refractivity contribution in [2.45, 2.75) is 143 Å². The fourth-order valence-corrected chi connectivity index (χ4v) is 4.46. The molecule has 0 saturated heterocycles. The summed E-state index contributed by atoms with van der Waals surface area (Å²) in [5.74, 6) is 0.236. The second-order valence-electron chi connectivity index (χ2n) is 11.6. The third-order valence-corrected chi connectivity index (χ3v) is 7.78. The summed E-state index contributed by atoms with van der Waals surface area (Å²) in [7, 11) is 0. The Hall–Kier alpha value is -1.50. The molecule has 0 aromatic rings. The Morgan fingerprint density at radius 1 is 0.700 bits per heavy atom. The van der Waals surface area contributed by atoms with Crippen LogP contribution in [0, 0.1) is 17.8 Å². The number of aliphatic hydroxyl groups excluding tert-OH is 5. The first-order valence-electron chi connectivity index (χ1n) is 15.8. The summed E-state index contributed by atoms with van der Waals surface area (Å²) in [4.78, 5) is 0. The molecule has 0 radical (unpaired) electrons. The van der Waals surface area contributed by atoms with Gasteiger partial charge in [0.2, 0.25) is 0 Å². The van der Waals surface area contributed by atoms with E-state index in [1.165, 1.54) is 0 Å². The minimum absolute atomic E-state index is 0.0647. The monoisotopic (exact) mass is 562 g/mol. The third kappa shape index (κ3) is 19.6. The largest absolute Gasteiger partial charge is 0.393 e. The van der Waals surface area contributed by atoms with Gasteiger partial charge in [0.15, 0.2) is 0 Å². The van der Waals surface area contributed by atoms with Gasteiger partial charge in [0.1, 0.15) is 0 Å². The van der Waals surface area contributed by atoms with Crippen molar-refractivity contribution < 1.29 is 25.5 Å². The van der Waals surface area contributed by atoms with Crippen LogP contribution in [0.2, 0.25) is 0 Å². The fourth-order valence-electron chi connectivity index (χ4n) is 4.46. The topological polar surface area (TPSA) is 101 Å². The molecule has 232 valence electrons. The molecule has 0 aliphatic rings. The van der Waals surface area contributed by atoms with Crippen LogP contribution < -0.4 is 0 Å². The molecule has 0 fully saturated rings. The highest BCUT2D eigenvalue weighted by molar-refractivity contribution is 5.18. The Balaban J connectivity index is 4.63. The summed E-state index contributed by atoms with van der Waals surface area (Å²) in [5.41, 5.74) is 1.01. The van der Waals surface area contributed by atoms with Gasteiger partial charge in [0.25, 0.3) is 0 Å². The summed E-state index contributed by atoms with van der Waals surface area (Å²) in [6.45, 7) is 12.2. The van der Waals surface area contributed by atoms with E-state index in [0.717, 1.165) is 50.5 Å². The zero-order valence-corrected chi connectivity index (χ0v) is 26.3. The van der Waals surface area contributed by atoms with Crippen LogP contribution in [0.5, 0.6) is 0 Å². The molecule has 8 atom stereocenters. The zero-order chi connectivity index (χ0) is 30.3. The smallest absolute Gasteiger partial charge is 0.0783 e. The first-order chi connectivity index (χ1) is 19.0. The zero-order valence-electron chi connectivity index (χ0n) is 26.3. The van der Waals surface area contributed by atoms with E-state index in [2.05, 4.69) is 19.9 Å². The molecule has 8 unspecified atom stereocenters. The first kappa shape index (κ1) is 38.5. The van der Waals surface area contributed by atoms with Crippen molar-refractivity contribution >= 4 is 0 Å². The summed E-state index contributed by atoms with van der Waals surface area (Å²) in [5, 5.41) is 51.8. The van der Waals surface area contributed by atoms with Gasteiger partial charge in [0.05, 0.1) is 30.5 Å². The highest BCUT2D eigenvalue weighted by atomic mass is 16.3. The van der Waals surface area contributed by atoms with E-state index >= 15 is 0 Å². The fraction of sp³-hybridized carbons (Fsp3) is 0.714. The van der Waals surface area contributed by atoms with E-state index in [9.17, 15) is 25.5 Å². The molecule has 0 spiro atoms. The predicted molar refractivity (Wildman–Crippen MR) is 170 cm³/mol. The molecule has 0 aliphatic heterocycles. The van der Waals surface area contributed by atoms with Gasteiger partial charge in [-0.15, -0.1) is 0 Å². The van der Waals surface area contributed by atoms with E-state index in [1.54, 1.807) is 6.08 Å². The van der Waals surface area contributed by atoms with Crippen LogP contribution in [0.25, 0.3) is 0 Å². The van der Waals surface area contributed by atoms with Gasteiger partial charge in [-0.2, -0.15) is 0 Å². The number of rotatable bonds is 23. The van der Waals surface area contributed by atoms with Gasteiger partial charge in [-0.05, 0) is 76.5 Å². The van der Waals surface area contributed by atoms with Crippen molar-refractivity contribution in [3.8, 4) is 0 Å². The van der Waals surface area contributed by atoms with Gasteiger partial charge < -0.3 is 25.5 Å². The van der Waals surface area contributed by atoms with Crippen molar-refractivity contribution in [1.29, 1.82) is 0 Å². The third-order valence-electron chi connectivity index (χ3n) is 7.78. The summed E-state index contributed by atoms with van der Waals surface area (Å²) >= 11 is 0. The number of hydrogen-bond acceptors (Lipinski definition) is 5. The SMILES string of the molecule is CC/C=C/C(C)C(O)/C=C/C(C)=C/CC(O)C(C)CCC(O)CCC(CCCC)C(O)/C=C/C=C/CC(O)CC. The average molecular weight is 563 g/mol. The second-order valence-corrected chi connectivity index (χ2v) is 11.6. The normalized spacial score (nSPS) is 19.4. The maximum atomic E-state index is 10.7. The van der Waals surface area contributed by atoms with E-state index in [4.69, 9.17) is 0 Å². The standard InChI is InChI=1S/C35H62O5/c1-7-10-15-28(5)33(38)25-19-27(4)20-26-34(39)29(6)21-23-32(37)24-22-30(16-11-8-2)35(40)18-14-12-13-17-31(36)9-3/h10,12-15,18-20,25,28-40H,7-9,11,16-17,21-24,26H2,1-6H3/b13-12+,15-10+,18-14+,25-19+,27-20+. The number of aliphatic hydroxyl groups is 5. The van der Waals surface area contributed by atoms with Crippen LogP contribution in [0.15, 0.2) is 60.3 Å². The molecule has 5 N–H and O–H groups in total. The molecule has 0 bridgehead atoms. The van der Waals surface area contributed by atoms with Crippen LogP contribution in [0.1, 0.15) is 112 Å². The molecular formula is C35H62O5. The van der Waals surface area contributed by atoms with Gasteiger partial charge in [-0.3, -0.25) is 0 Å². The molecule has 5 nitrogen and oxygen atoms in total. The molecule has 0 rings (SSSR count). The maximum Gasteiger partial charge on any atom is 0.0783 e. The lowest BCUT2D eigenvalue weighted by Gasteiger charge is -2.23. The molecule has 40 heavy (non-hydrogen) atoms. The summed E-state index contributed by atoms with van der Waals surface area (Å²) in [6.07, 6.45) is 23.6. The maximum absolute atomic E-state index is 10.7. The van der Waals surface area contributed by atoms with E-state index in [-0.39, 0.29) is 23.9 Å². The lowest BCUT2D eigenvalue weighted by molar-refractivity contribution is 0.0825. The van der Waals surface area contributed by atoms with Gasteiger partial charge in [-0.1, -0.05) is 108 Å². The van der Waals surface area contributed by atoms with E-state index in [0.29, 0.717) is 25.7 Å². The lowest BCUT2D eigenvalue weighted by Crippen LogP contribution is -2.22. The van der Waals surface area contributed by atoms with Crippen LogP contribution in [-0.2, 0) is 0 Å². The van der Waals surface area contributed by atoms with Crippen LogP contribution >= 0.6 is 0 Å². The molecule has 0 aromatic heterocycles. The van der Waals surface area contributed by atoms with E-state index < -0.39 is 24.4 Å². The van der Waals surface area contributed by atoms with E-state index in [1.807, 2.05) is 70.2 Å². The Morgan fingerprint density at radius 2 is 1.40 bits per heavy atom. The molecule has 5 heteroatoms. The molecule has 0 heterocycles. The van der Waals surface area contributed by atoms with Gasteiger partial charge in [0, 0.05) is 5.92 Å². The average Bonchev–Trinajstić information content (AvgIpc) is 2.95. The number of allylic oxidation sites excluding steroid dienone is 5. The quantitative estimate of drug-likeness (QED) is 0.0670. The van der Waals surface area contributed by atoms with Crippen LogP contribution in [0.4, 0.5) is 0 Å². The van der Waals surface area contributed by atoms with Crippen LogP contribution in [0.3, 0.4) is 0 Å². The van der Waals surface area contributed by atoms with Crippen LogP contribution in [-0.4, -0.2) is 56.1 Å². The molecule has 0 aromatic carbocycles. The molecule has 0 aliphatic carbocycles. The van der Waals surface area contributed by atoms with Gasteiger partial charge >= 0.3 is 0 Å². The Morgan fingerprint density at radius 3 is 2.05 bits per heavy atom. The minimum Gasteiger partial charge on any atom is -0.393 e. The highest BCUT2D eigenvalue weighted by Gasteiger charge is 2.20. The Labute approximate surface area is 246 Å². The molecule has 0 amide bonds. The van der Waals surface area contributed by atoms with Crippen molar-refractivity contribution in [3.05, 3.63) is 60.3 Å². The summed E-state index contributed by atoms with van der Waals surface area (Å²) in [6, 6.07) is 0. The Kier molecular flexibility index (Phi) is 23.2. The lowest BCUT2D eigenvalue weighted by atomic mass is 9.88. The number of hydrogen-bond donors (Lipinski definition) is 5. The first-order valence-corrected chi connectivity index (χ1v) is 15.8. The molecular weight excluding hydrogens is 500 g/mol. The van der Waals surface area contributed by atoms with Crippen molar-refractivity contribution in [2.24, 2.45) is 17.8 Å². The minimum atomic E-state index is -0.554. The molecule has 0 saturated carbocycles. The number of unbranched alkanes of at least 4 members (excludes halogenated alkanes) is 1. The van der Waals surface area contributed by atoms with Crippen molar-refractivity contribution in [3.63, 3.8) is 0 Å². The predicted octanol–water partition coefficient (Wildman–Crippen LogP) is 7.20. The van der Waals surface area contributed by atoms with Crippen molar-refractivity contribution in [1.82, 2.24) is 0 Å².